The lowest BCUT2D eigenvalue weighted by Crippen LogP contribution is -2.43. The summed E-state index contributed by atoms with van der Waals surface area (Å²) in [6, 6.07) is 13.4. The number of carboxylic acids is 1. The Labute approximate surface area is 389 Å². The Kier molecular flexibility index (Phi) is 17.7. The van der Waals surface area contributed by atoms with Crippen LogP contribution in [0.2, 0.25) is 5.02 Å². The van der Waals surface area contributed by atoms with Crippen molar-refractivity contribution in [3.63, 3.8) is 0 Å². The summed E-state index contributed by atoms with van der Waals surface area (Å²) in [4.78, 5) is 46.9. The summed E-state index contributed by atoms with van der Waals surface area (Å²) in [6.45, 7) is 6.56. The van der Waals surface area contributed by atoms with Gasteiger partial charge in [0.2, 0.25) is 5.91 Å². The summed E-state index contributed by atoms with van der Waals surface area (Å²) in [6.07, 6.45) is -4.84. The standard InChI is InChI=1S/C15H22ClNO2.C15H12F3NO4S.C14H7ClF3NO5/c1-5-13-8-6-7-11(2)15(13)17(14(18)9-16)12(3)10-19-4;1-24(21,22)12-6-9(15(16,17)18)4-5-10(12)13(20)11-7-19-23-14(11)8-2-3-8;15-10-5-7(14(16,17)18)1-4-12(10)24-8-2-3-11(19(22)23)9(6-8)13(20)21/h6-8,12H,5,9-10H2,1-4H3;4-8H,2-3H2,1H3;1-6H,(H,20,21). The second-order valence-corrected chi connectivity index (χ2v) is 17.5. The van der Waals surface area contributed by atoms with Crippen LogP contribution in [0.4, 0.5) is 37.7 Å². The van der Waals surface area contributed by atoms with Gasteiger partial charge in [-0.25, -0.2) is 13.2 Å². The van der Waals surface area contributed by atoms with Gasteiger partial charge in [-0.15, -0.1) is 11.6 Å². The van der Waals surface area contributed by atoms with Gasteiger partial charge in [-0.2, -0.15) is 26.3 Å². The smallest absolute Gasteiger partial charge is 0.416 e. The largest absolute Gasteiger partial charge is 0.477 e. The molecule has 1 fully saturated rings. The molecule has 1 amide bonds. The Hall–Kier alpha value is -6.03. The van der Waals surface area contributed by atoms with Crippen LogP contribution in [0.25, 0.3) is 0 Å². The predicted octanol–water partition coefficient (Wildman–Crippen LogP) is 11.1. The number of sulfone groups is 1. The number of alkyl halides is 7. The number of aromatic carboxylic acids is 1. The zero-order valence-electron chi connectivity index (χ0n) is 36.0. The monoisotopic (exact) mass is 1000 g/mol. The number of carbonyl (C=O) groups is 3. The van der Waals surface area contributed by atoms with Gasteiger partial charge < -0.3 is 24.0 Å². The Morgan fingerprint density at radius 1 is 0.970 bits per heavy atom. The SMILES string of the molecule is CCc1cccc(C)c1N(C(=O)CCl)C(C)COC.CS(=O)(=O)c1cc(C(F)(F)F)ccc1C(=O)c1cnoc1C1CC1.O=C(O)c1cc(Oc2ccc(C(F)(F)F)cc2Cl)ccc1[N+](=O)[O-]. The molecule has 67 heavy (non-hydrogen) atoms. The molecule has 6 rings (SSSR count). The average molecular weight is 1000 g/mol. The summed E-state index contributed by atoms with van der Waals surface area (Å²) in [7, 11) is -2.40. The van der Waals surface area contributed by atoms with Gasteiger partial charge in [-0.3, -0.25) is 19.7 Å². The van der Waals surface area contributed by atoms with E-state index < -0.39 is 66.1 Å². The van der Waals surface area contributed by atoms with Crippen molar-refractivity contribution in [1.82, 2.24) is 5.16 Å². The number of carbonyl (C=O) groups excluding carboxylic acids is 2. The van der Waals surface area contributed by atoms with Crippen LogP contribution in [0.5, 0.6) is 11.5 Å². The van der Waals surface area contributed by atoms with Crippen LogP contribution in [0.15, 0.2) is 88.4 Å². The Bertz CT molecular complexity index is 2740. The summed E-state index contributed by atoms with van der Waals surface area (Å²) in [5, 5.41) is 22.9. The number of rotatable bonds is 14. The topological polar surface area (TPSA) is 196 Å². The molecule has 1 heterocycles. The fourth-order valence-corrected chi connectivity index (χ4v) is 7.76. The number of nitro benzene ring substituents is 1. The zero-order chi connectivity index (χ0) is 50.2. The molecule has 4 aromatic carbocycles. The molecule has 1 aromatic heterocycles. The highest BCUT2D eigenvalue weighted by Gasteiger charge is 2.37. The van der Waals surface area contributed by atoms with Crippen LogP contribution in [0.1, 0.15) is 86.9 Å². The minimum Gasteiger partial charge on any atom is -0.477 e. The molecule has 1 atom stereocenters. The number of nitrogens with zero attached hydrogens (tertiary/aromatic N) is 3. The first kappa shape index (κ1) is 53.6. The Morgan fingerprint density at radius 3 is 2.12 bits per heavy atom. The molecular formula is C44H41Cl2F6N3O11S. The van der Waals surface area contributed by atoms with E-state index in [-0.39, 0.29) is 51.4 Å². The van der Waals surface area contributed by atoms with Gasteiger partial charge in [0.1, 0.15) is 22.9 Å². The summed E-state index contributed by atoms with van der Waals surface area (Å²) in [5.41, 5.74) is -0.406. The van der Waals surface area contributed by atoms with Crippen molar-refractivity contribution in [3.05, 3.63) is 139 Å². The van der Waals surface area contributed by atoms with Crippen LogP contribution in [-0.4, -0.2) is 73.2 Å². The normalized spacial score (nSPS) is 13.0. The molecule has 0 saturated heterocycles. The lowest BCUT2D eigenvalue weighted by atomic mass is 10.0. The van der Waals surface area contributed by atoms with Gasteiger partial charge in [0.25, 0.3) is 5.69 Å². The van der Waals surface area contributed by atoms with Gasteiger partial charge in [0.15, 0.2) is 21.4 Å². The fourth-order valence-electron chi connectivity index (χ4n) is 6.51. The van der Waals surface area contributed by atoms with Crippen LogP contribution in [0, 0.1) is 17.0 Å². The van der Waals surface area contributed by atoms with Crippen molar-refractivity contribution in [2.24, 2.45) is 0 Å². The number of para-hydroxylation sites is 1. The molecule has 14 nitrogen and oxygen atoms in total. The number of hydrogen-bond acceptors (Lipinski definition) is 11. The quantitative estimate of drug-likeness (QED) is 0.0364. The number of amides is 1. The lowest BCUT2D eigenvalue weighted by molar-refractivity contribution is -0.385. The zero-order valence-corrected chi connectivity index (χ0v) is 38.3. The van der Waals surface area contributed by atoms with Crippen molar-refractivity contribution < 1.29 is 73.2 Å². The summed E-state index contributed by atoms with van der Waals surface area (Å²) >= 11 is 11.5. The van der Waals surface area contributed by atoms with Crippen molar-refractivity contribution >= 4 is 62.1 Å². The molecule has 360 valence electrons. The maximum absolute atomic E-state index is 12.8. The molecule has 1 aliphatic carbocycles. The van der Waals surface area contributed by atoms with E-state index in [1.807, 2.05) is 26.0 Å². The number of ether oxygens (including phenoxy) is 2. The third-order valence-corrected chi connectivity index (χ3v) is 11.5. The Morgan fingerprint density at radius 2 is 1.60 bits per heavy atom. The van der Waals surface area contributed by atoms with Gasteiger partial charge in [0, 0.05) is 37.0 Å². The van der Waals surface area contributed by atoms with Gasteiger partial charge in [-0.1, -0.05) is 41.9 Å². The molecule has 0 spiro atoms. The van der Waals surface area contributed by atoms with Gasteiger partial charge in [0.05, 0.1) is 56.1 Å². The van der Waals surface area contributed by atoms with Crippen molar-refractivity contribution in [2.45, 2.75) is 69.2 Å². The summed E-state index contributed by atoms with van der Waals surface area (Å²) in [5.74, 6) is -2.27. The number of aromatic nitrogens is 1. The van der Waals surface area contributed by atoms with E-state index >= 15 is 0 Å². The highest BCUT2D eigenvalue weighted by Crippen LogP contribution is 2.43. The number of hydrogen-bond donors (Lipinski definition) is 1. The number of halogens is 8. The van der Waals surface area contributed by atoms with Crippen molar-refractivity contribution in [1.29, 1.82) is 0 Å². The molecule has 1 aliphatic rings. The van der Waals surface area contributed by atoms with E-state index in [2.05, 4.69) is 18.1 Å². The number of ketones is 1. The highest BCUT2D eigenvalue weighted by molar-refractivity contribution is 7.90. The summed E-state index contributed by atoms with van der Waals surface area (Å²) < 4.78 is 115. The van der Waals surface area contributed by atoms with E-state index in [1.165, 1.54) is 6.20 Å². The minimum atomic E-state index is -4.71. The first-order valence-electron chi connectivity index (χ1n) is 19.7. The van der Waals surface area contributed by atoms with Crippen LogP contribution < -0.4 is 9.64 Å². The van der Waals surface area contributed by atoms with Crippen LogP contribution in [0.3, 0.4) is 0 Å². The van der Waals surface area contributed by atoms with Crippen molar-refractivity contribution in [2.75, 3.05) is 30.8 Å². The molecule has 1 unspecified atom stereocenters. The predicted molar refractivity (Wildman–Crippen MR) is 233 cm³/mol. The third kappa shape index (κ3) is 13.8. The van der Waals surface area contributed by atoms with E-state index in [0.717, 1.165) is 78.7 Å². The van der Waals surface area contributed by atoms with Crippen LogP contribution in [-0.2, 0) is 38.1 Å². The number of carboxylic acid groups (broad SMARTS) is 1. The van der Waals surface area contributed by atoms with Gasteiger partial charge in [-0.05, 0) is 86.7 Å². The maximum Gasteiger partial charge on any atom is 0.416 e. The molecule has 0 bridgehead atoms. The fraction of sp³-hybridized carbons (Fsp3) is 0.318. The third-order valence-electron chi connectivity index (χ3n) is 9.80. The second kappa shape index (κ2) is 22.2. The molecule has 0 aliphatic heterocycles. The second-order valence-electron chi connectivity index (χ2n) is 14.8. The number of methoxy groups -OCH3 is 1. The average Bonchev–Trinajstić information content (AvgIpc) is 3.99. The molecule has 5 aromatic rings. The van der Waals surface area contributed by atoms with Gasteiger partial charge >= 0.3 is 18.3 Å². The molecule has 23 heteroatoms. The maximum atomic E-state index is 12.8. The minimum absolute atomic E-state index is 0.0223. The first-order valence-corrected chi connectivity index (χ1v) is 22.5. The number of aryl methyl sites for hydroxylation is 2. The number of anilines is 1. The van der Waals surface area contributed by atoms with E-state index in [4.69, 9.17) is 42.3 Å². The Balaban J connectivity index is 0.000000221. The first-order chi connectivity index (χ1) is 31.2. The highest BCUT2D eigenvalue weighted by atomic mass is 35.5. The lowest BCUT2D eigenvalue weighted by Gasteiger charge is -2.31. The molecule has 0 radical (unpaired) electrons. The van der Waals surface area contributed by atoms with E-state index in [0.29, 0.717) is 30.6 Å². The van der Waals surface area contributed by atoms with E-state index in [9.17, 15) is 59.3 Å². The molecule has 1 N–H and O–H groups in total. The van der Waals surface area contributed by atoms with Crippen LogP contribution >= 0.6 is 23.2 Å². The number of benzene rings is 4. The van der Waals surface area contributed by atoms with E-state index in [1.54, 1.807) is 12.0 Å². The number of nitro groups is 1. The molecule has 1 saturated carbocycles. The molecular weight excluding hydrogens is 963 g/mol. The van der Waals surface area contributed by atoms with Crippen molar-refractivity contribution in [3.8, 4) is 11.5 Å².